The summed E-state index contributed by atoms with van der Waals surface area (Å²) in [5.74, 6) is 0.867. The van der Waals surface area contributed by atoms with Crippen molar-refractivity contribution >= 4 is 11.4 Å². The molecule has 2 aromatic carbocycles. The van der Waals surface area contributed by atoms with Crippen molar-refractivity contribution in [2.75, 3.05) is 46.5 Å². The lowest BCUT2D eigenvalue weighted by Crippen LogP contribution is -2.42. The van der Waals surface area contributed by atoms with Crippen molar-refractivity contribution in [3.05, 3.63) is 65.7 Å². The molecular weight excluding hydrogens is 404 g/mol. The molecule has 0 spiro atoms. The van der Waals surface area contributed by atoms with E-state index in [0.29, 0.717) is 6.61 Å². The van der Waals surface area contributed by atoms with Gasteiger partial charge in [0.1, 0.15) is 18.1 Å². The predicted octanol–water partition coefficient (Wildman–Crippen LogP) is 3.50. The lowest BCUT2D eigenvalue weighted by atomic mass is 10.1. The predicted molar refractivity (Wildman–Crippen MR) is 128 cm³/mol. The summed E-state index contributed by atoms with van der Waals surface area (Å²) in [6.45, 7) is 7.28. The van der Waals surface area contributed by atoms with E-state index in [0.717, 1.165) is 75.0 Å². The highest BCUT2D eigenvalue weighted by Gasteiger charge is 2.17. The van der Waals surface area contributed by atoms with Crippen molar-refractivity contribution in [3.8, 4) is 5.75 Å². The molecule has 0 saturated carbocycles. The average molecular weight is 439 g/mol. The van der Waals surface area contributed by atoms with Crippen LogP contribution in [0, 0.1) is 0 Å². The van der Waals surface area contributed by atoms with Gasteiger partial charge in [-0.3, -0.25) is 4.90 Å². The number of hydrogen-bond donors (Lipinski definition) is 1. The monoisotopic (exact) mass is 438 g/mol. The number of benzene rings is 2. The van der Waals surface area contributed by atoms with E-state index in [9.17, 15) is 0 Å². The molecule has 0 amide bonds. The summed E-state index contributed by atoms with van der Waals surface area (Å²) in [5.41, 5.74) is 7.35. The Morgan fingerprint density at radius 1 is 1.00 bits per heavy atom. The molecule has 1 aliphatic heterocycles. The standard InChI is InChI=1S/C25H34N4O3/c1-3-24(28-32-20-22-7-5-4-6-8-22)25(19-29-15-17-31-18-16-29)27-26-14-13-21-9-11-23(30-2)12-10-21/h4-12,26H,3,13-20H2,1-2H3. The first-order valence-corrected chi connectivity index (χ1v) is 11.2. The molecule has 7 nitrogen and oxygen atoms in total. The molecule has 1 saturated heterocycles. The number of hydrazone groups is 1. The Balaban J connectivity index is 1.61. The first-order chi connectivity index (χ1) is 15.8. The fourth-order valence-corrected chi connectivity index (χ4v) is 3.39. The zero-order chi connectivity index (χ0) is 22.4. The number of nitrogens with zero attached hydrogens (tertiary/aromatic N) is 3. The van der Waals surface area contributed by atoms with Crippen molar-refractivity contribution in [3.63, 3.8) is 0 Å². The Hall–Kier alpha value is -2.90. The van der Waals surface area contributed by atoms with Gasteiger partial charge in [0.25, 0.3) is 0 Å². The summed E-state index contributed by atoms with van der Waals surface area (Å²) in [5, 5.41) is 9.15. The van der Waals surface area contributed by atoms with Crippen LogP contribution in [0.4, 0.5) is 0 Å². The number of nitrogens with one attached hydrogen (secondary N) is 1. The first-order valence-electron chi connectivity index (χ1n) is 11.2. The van der Waals surface area contributed by atoms with E-state index in [2.05, 4.69) is 34.5 Å². The van der Waals surface area contributed by atoms with Crippen molar-refractivity contribution in [1.82, 2.24) is 10.3 Å². The molecule has 0 radical (unpaired) electrons. The van der Waals surface area contributed by atoms with E-state index in [-0.39, 0.29) is 0 Å². The molecule has 0 aromatic heterocycles. The molecular formula is C25H34N4O3. The third kappa shape index (κ3) is 7.98. The number of methoxy groups -OCH3 is 1. The topological polar surface area (TPSA) is 67.7 Å². The minimum absolute atomic E-state index is 0.445. The molecule has 0 bridgehead atoms. The fraction of sp³-hybridized carbons (Fsp3) is 0.440. The Morgan fingerprint density at radius 2 is 1.75 bits per heavy atom. The van der Waals surface area contributed by atoms with Gasteiger partial charge in [0.2, 0.25) is 0 Å². The highest BCUT2D eigenvalue weighted by Crippen LogP contribution is 2.11. The minimum Gasteiger partial charge on any atom is -0.497 e. The van der Waals surface area contributed by atoms with Gasteiger partial charge < -0.3 is 19.7 Å². The molecule has 1 heterocycles. The summed E-state index contributed by atoms with van der Waals surface area (Å²) < 4.78 is 10.7. The molecule has 32 heavy (non-hydrogen) atoms. The SMILES string of the molecule is CCC(=NOCc1ccccc1)C(CN1CCOCC1)=NNCCc1ccc(OC)cc1. The van der Waals surface area contributed by atoms with Crippen molar-refractivity contribution in [2.24, 2.45) is 10.3 Å². The Morgan fingerprint density at radius 3 is 2.44 bits per heavy atom. The first kappa shape index (κ1) is 23.8. The van der Waals surface area contributed by atoms with Gasteiger partial charge in [0.05, 0.1) is 26.0 Å². The van der Waals surface area contributed by atoms with Crippen molar-refractivity contribution in [2.45, 2.75) is 26.4 Å². The average Bonchev–Trinajstić information content (AvgIpc) is 2.85. The zero-order valence-electron chi connectivity index (χ0n) is 19.1. The van der Waals surface area contributed by atoms with Gasteiger partial charge in [0.15, 0.2) is 0 Å². The molecule has 7 heteroatoms. The zero-order valence-corrected chi connectivity index (χ0v) is 19.1. The minimum atomic E-state index is 0.445. The molecule has 0 aliphatic carbocycles. The second-order valence-electron chi connectivity index (χ2n) is 7.60. The number of morpholine rings is 1. The van der Waals surface area contributed by atoms with Crippen LogP contribution < -0.4 is 10.2 Å². The second kappa shape index (κ2) is 13.5. The van der Waals surface area contributed by atoms with Gasteiger partial charge in [-0.25, -0.2) is 0 Å². The third-order valence-electron chi connectivity index (χ3n) is 5.29. The smallest absolute Gasteiger partial charge is 0.142 e. The molecule has 1 aliphatic rings. The van der Waals surface area contributed by atoms with Crippen LogP contribution in [-0.4, -0.2) is 62.8 Å². The second-order valence-corrected chi connectivity index (χ2v) is 7.60. The summed E-state index contributed by atoms with van der Waals surface area (Å²) in [4.78, 5) is 8.01. The normalized spacial score (nSPS) is 15.4. The van der Waals surface area contributed by atoms with Crippen LogP contribution >= 0.6 is 0 Å². The molecule has 1 fully saturated rings. The van der Waals surface area contributed by atoms with Crippen LogP contribution in [0.5, 0.6) is 5.75 Å². The Kier molecular flexibility index (Phi) is 10.0. The number of ether oxygens (including phenoxy) is 2. The third-order valence-corrected chi connectivity index (χ3v) is 5.29. The maximum atomic E-state index is 5.66. The fourth-order valence-electron chi connectivity index (χ4n) is 3.39. The molecule has 0 unspecified atom stereocenters. The Bertz CT molecular complexity index is 847. The molecule has 172 valence electrons. The van der Waals surface area contributed by atoms with Gasteiger partial charge in [-0.05, 0) is 36.1 Å². The summed E-state index contributed by atoms with van der Waals surface area (Å²) in [7, 11) is 1.68. The van der Waals surface area contributed by atoms with E-state index in [1.54, 1.807) is 7.11 Å². The van der Waals surface area contributed by atoms with E-state index < -0.39 is 0 Å². The summed E-state index contributed by atoms with van der Waals surface area (Å²) in [6.07, 6.45) is 1.62. The van der Waals surface area contributed by atoms with Crippen LogP contribution in [-0.2, 0) is 22.6 Å². The molecule has 1 N–H and O–H groups in total. The highest BCUT2D eigenvalue weighted by atomic mass is 16.6. The van der Waals surface area contributed by atoms with Crippen LogP contribution in [0.2, 0.25) is 0 Å². The van der Waals surface area contributed by atoms with Crippen molar-refractivity contribution < 1.29 is 14.3 Å². The highest BCUT2D eigenvalue weighted by molar-refractivity contribution is 6.42. The molecule has 0 atom stereocenters. The van der Waals surface area contributed by atoms with Crippen molar-refractivity contribution in [1.29, 1.82) is 0 Å². The van der Waals surface area contributed by atoms with Gasteiger partial charge in [-0.1, -0.05) is 54.5 Å². The summed E-state index contributed by atoms with van der Waals surface area (Å²) in [6, 6.07) is 18.2. The van der Waals surface area contributed by atoms with E-state index in [1.165, 1.54) is 5.56 Å². The van der Waals surface area contributed by atoms with Crippen LogP contribution in [0.1, 0.15) is 24.5 Å². The largest absolute Gasteiger partial charge is 0.497 e. The van der Waals surface area contributed by atoms with E-state index in [4.69, 9.17) is 19.4 Å². The lowest BCUT2D eigenvalue weighted by molar-refractivity contribution is 0.0453. The van der Waals surface area contributed by atoms with Crippen LogP contribution in [0.15, 0.2) is 64.9 Å². The van der Waals surface area contributed by atoms with Gasteiger partial charge in [-0.15, -0.1) is 0 Å². The number of rotatable bonds is 12. The lowest BCUT2D eigenvalue weighted by Gasteiger charge is -2.27. The van der Waals surface area contributed by atoms with E-state index >= 15 is 0 Å². The molecule has 3 rings (SSSR count). The van der Waals surface area contributed by atoms with Crippen LogP contribution in [0.3, 0.4) is 0 Å². The van der Waals surface area contributed by atoms with Gasteiger partial charge >= 0.3 is 0 Å². The number of hydrogen-bond acceptors (Lipinski definition) is 7. The maximum absolute atomic E-state index is 5.66. The molecule has 2 aromatic rings. The quantitative estimate of drug-likeness (QED) is 0.312. The van der Waals surface area contributed by atoms with Gasteiger partial charge in [0, 0.05) is 26.2 Å². The maximum Gasteiger partial charge on any atom is 0.142 e. The number of oxime groups is 1. The van der Waals surface area contributed by atoms with Crippen LogP contribution in [0.25, 0.3) is 0 Å². The Labute approximate surface area is 191 Å². The summed E-state index contributed by atoms with van der Waals surface area (Å²) >= 11 is 0. The van der Waals surface area contributed by atoms with Gasteiger partial charge in [-0.2, -0.15) is 5.10 Å². The van der Waals surface area contributed by atoms with E-state index in [1.807, 2.05) is 42.5 Å².